The van der Waals surface area contributed by atoms with E-state index in [1.54, 1.807) is 39.0 Å². The zero-order valence-electron chi connectivity index (χ0n) is 18.2. The highest BCUT2D eigenvalue weighted by atomic mass is 19.1. The van der Waals surface area contributed by atoms with Crippen LogP contribution in [0.2, 0.25) is 0 Å². The Morgan fingerprint density at radius 1 is 1.00 bits per heavy atom. The topological polar surface area (TPSA) is 71.3 Å². The maximum Gasteiger partial charge on any atom is 0.257 e. The first-order chi connectivity index (χ1) is 15.4. The Morgan fingerprint density at radius 3 is 2.31 bits per heavy atom. The largest absolute Gasteiger partial charge is 0.339 e. The van der Waals surface area contributed by atoms with Crippen LogP contribution in [0.15, 0.2) is 54.9 Å². The van der Waals surface area contributed by atoms with Gasteiger partial charge in [0.25, 0.3) is 5.91 Å². The van der Waals surface area contributed by atoms with Gasteiger partial charge in [-0.05, 0) is 35.7 Å². The number of carbonyl (C=O) groups is 2. The van der Waals surface area contributed by atoms with Gasteiger partial charge in [-0.3, -0.25) is 9.59 Å². The number of halogens is 1. The van der Waals surface area contributed by atoms with Crippen molar-refractivity contribution in [2.24, 2.45) is 0 Å². The van der Waals surface area contributed by atoms with Crippen LogP contribution in [-0.4, -0.2) is 62.6 Å². The number of piperazine rings is 1. The predicted molar refractivity (Wildman–Crippen MR) is 118 cm³/mol. The van der Waals surface area contributed by atoms with Crippen molar-refractivity contribution in [2.45, 2.75) is 26.2 Å². The van der Waals surface area contributed by atoms with Gasteiger partial charge < -0.3 is 9.80 Å². The van der Waals surface area contributed by atoms with Crippen LogP contribution in [0.4, 0.5) is 4.39 Å². The summed E-state index contributed by atoms with van der Waals surface area (Å²) in [5.74, 6) is 0.333. The highest BCUT2D eigenvalue weighted by Gasteiger charge is 2.29. The van der Waals surface area contributed by atoms with E-state index in [2.05, 4.69) is 10.1 Å². The van der Waals surface area contributed by atoms with E-state index in [1.807, 2.05) is 32.0 Å². The fourth-order valence-electron chi connectivity index (χ4n) is 3.96. The molecule has 32 heavy (non-hydrogen) atoms. The molecule has 1 aliphatic rings. The van der Waals surface area contributed by atoms with Gasteiger partial charge in [-0.25, -0.2) is 14.1 Å². The van der Waals surface area contributed by atoms with Crippen LogP contribution in [0, 0.1) is 5.82 Å². The minimum Gasteiger partial charge on any atom is -0.339 e. The molecule has 166 valence electrons. The van der Waals surface area contributed by atoms with Crippen molar-refractivity contribution in [3.8, 4) is 5.82 Å². The molecule has 8 heteroatoms. The number of nitrogens with zero attached hydrogens (tertiary/aromatic N) is 5. The Hall–Kier alpha value is -3.55. The molecule has 2 amide bonds. The van der Waals surface area contributed by atoms with Crippen molar-refractivity contribution in [3.05, 3.63) is 77.5 Å². The SMILES string of the molecule is CC(C)c1c(C(=O)N2CCN(C(=O)Cc3ccc(F)cc3)CC2)cnn1-c1ccccn1. The van der Waals surface area contributed by atoms with Gasteiger partial charge in [0, 0.05) is 32.4 Å². The lowest BCUT2D eigenvalue weighted by molar-refractivity contribution is -0.131. The fourth-order valence-corrected chi connectivity index (χ4v) is 3.96. The van der Waals surface area contributed by atoms with E-state index in [0.29, 0.717) is 37.6 Å². The van der Waals surface area contributed by atoms with Gasteiger partial charge in [0.05, 0.1) is 23.9 Å². The molecule has 0 atom stereocenters. The van der Waals surface area contributed by atoms with E-state index >= 15 is 0 Å². The Kier molecular flexibility index (Phi) is 6.30. The molecule has 0 aliphatic carbocycles. The second kappa shape index (κ2) is 9.30. The highest BCUT2D eigenvalue weighted by molar-refractivity contribution is 5.95. The van der Waals surface area contributed by atoms with Crippen LogP contribution in [-0.2, 0) is 11.2 Å². The van der Waals surface area contributed by atoms with E-state index in [-0.39, 0.29) is 30.0 Å². The summed E-state index contributed by atoms with van der Waals surface area (Å²) in [5.41, 5.74) is 2.17. The number of benzene rings is 1. The lowest BCUT2D eigenvalue weighted by Crippen LogP contribution is -2.51. The third kappa shape index (κ3) is 4.54. The summed E-state index contributed by atoms with van der Waals surface area (Å²) in [5, 5.41) is 4.44. The fraction of sp³-hybridized carbons (Fsp3) is 0.333. The number of pyridine rings is 1. The number of hydrogen-bond donors (Lipinski definition) is 0. The van der Waals surface area contributed by atoms with Gasteiger partial charge in [-0.15, -0.1) is 0 Å². The van der Waals surface area contributed by atoms with Gasteiger partial charge >= 0.3 is 0 Å². The average molecular weight is 436 g/mol. The van der Waals surface area contributed by atoms with Crippen molar-refractivity contribution in [1.29, 1.82) is 0 Å². The molecular weight excluding hydrogens is 409 g/mol. The molecule has 0 N–H and O–H groups in total. The summed E-state index contributed by atoms with van der Waals surface area (Å²) >= 11 is 0. The van der Waals surface area contributed by atoms with E-state index in [0.717, 1.165) is 11.3 Å². The second-order valence-corrected chi connectivity index (χ2v) is 8.17. The first-order valence-electron chi connectivity index (χ1n) is 10.7. The zero-order valence-corrected chi connectivity index (χ0v) is 18.2. The first-order valence-corrected chi connectivity index (χ1v) is 10.7. The van der Waals surface area contributed by atoms with Crippen LogP contribution in [0.3, 0.4) is 0 Å². The van der Waals surface area contributed by atoms with Gasteiger partial charge in [0.15, 0.2) is 5.82 Å². The molecule has 2 aromatic heterocycles. The average Bonchev–Trinajstić information content (AvgIpc) is 3.26. The summed E-state index contributed by atoms with van der Waals surface area (Å²) < 4.78 is 14.8. The molecule has 0 unspecified atom stereocenters. The minimum atomic E-state index is -0.319. The van der Waals surface area contributed by atoms with E-state index in [1.165, 1.54) is 12.1 Å². The Labute approximate surface area is 186 Å². The lowest BCUT2D eigenvalue weighted by atomic mass is 10.0. The molecule has 1 aromatic carbocycles. The lowest BCUT2D eigenvalue weighted by Gasteiger charge is -2.35. The summed E-state index contributed by atoms with van der Waals surface area (Å²) in [4.78, 5) is 33.8. The standard InChI is InChI=1S/C24H26FN5O2/c1-17(2)23-20(16-27-30(23)21-5-3-4-10-26-21)24(32)29-13-11-28(12-14-29)22(31)15-18-6-8-19(25)9-7-18/h3-10,16-17H,11-15H2,1-2H3. The number of carbonyl (C=O) groups excluding carboxylic acids is 2. The Balaban J connectivity index is 1.43. The van der Waals surface area contributed by atoms with Crippen LogP contribution < -0.4 is 0 Å². The Bertz CT molecular complexity index is 1090. The molecule has 4 rings (SSSR count). The van der Waals surface area contributed by atoms with Crippen LogP contribution >= 0.6 is 0 Å². The van der Waals surface area contributed by atoms with Crippen LogP contribution in [0.5, 0.6) is 0 Å². The third-order valence-corrected chi connectivity index (χ3v) is 5.64. The maximum atomic E-state index is 13.3. The molecule has 3 aromatic rings. The summed E-state index contributed by atoms with van der Waals surface area (Å²) in [7, 11) is 0. The molecule has 1 fully saturated rings. The van der Waals surface area contributed by atoms with E-state index in [9.17, 15) is 14.0 Å². The Morgan fingerprint density at radius 2 is 1.69 bits per heavy atom. The molecule has 1 aliphatic heterocycles. The third-order valence-electron chi connectivity index (χ3n) is 5.64. The molecule has 7 nitrogen and oxygen atoms in total. The molecule has 0 saturated carbocycles. The van der Waals surface area contributed by atoms with Crippen LogP contribution in [0.25, 0.3) is 5.82 Å². The minimum absolute atomic E-state index is 0.0189. The van der Waals surface area contributed by atoms with Gasteiger partial charge in [-0.1, -0.05) is 32.0 Å². The van der Waals surface area contributed by atoms with Crippen molar-refractivity contribution in [3.63, 3.8) is 0 Å². The number of aromatic nitrogens is 3. The molecule has 0 bridgehead atoms. The molecule has 0 radical (unpaired) electrons. The number of hydrogen-bond acceptors (Lipinski definition) is 4. The summed E-state index contributed by atoms with van der Waals surface area (Å²) in [6, 6.07) is 11.5. The van der Waals surface area contributed by atoms with Crippen molar-refractivity contribution in [2.75, 3.05) is 26.2 Å². The maximum absolute atomic E-state index is 13.3. The van der Waals surface area contributed by atoms with E-state index in [4.69, 9.17) is 0 Å². The van der Waals surface area contributed by atoms with E-state index < -0.39 is 0 Å². The highest BCUT2D eigenvalue weighted by Crippen LogP contribution is 2.24. The zero-order chi connectivity index (χ0) is 22.7. The smallest absolute Gasteiger partial charge is 0.257 e. The number of rotatable bonds is 5. The van der Waals surface area contributed by atoms with Crippen molar-refractivity contribution in [1.82, 2.24) is 24.6 Å². The molecular formula is C24H26FN5O2. The first kappa shape index (κ1) is 21.7. The quantitative estimate of drug-likeness (QED) is 0.618. The van der Waals surface area contributed by atoms with Crippen LogP contribution in [0.1, 0.15) is 41.4 Å². The van der Waals surface area contributed by atoms with Crippen molar-refractivity contribution < 1.29 is 14.0 Å². The normalized spacial score (nSPS) is 14.1. The second-order valence-electron chi connectivity index (χ2n) is 8.17. The monoisotopic (exact) mass is 435 g/mol. The summed E-state index contributed by atoms with van der Waals surface area (Å²) in [6.07, 6.45) is 3.53. The molecule has 0 spiro atoms. The van der Waals surface area contributed by atoms with Gasteiger partial charge in [-0.2, -0.15) is 5.10 Å². The van der Waals surface area contributed by atoms with Gasteiger partial charge in [0.2, 0.25) is 5.91 Å². The summed E-state index contributed by atoms with van der Waals surface area (Å²) in [6.45, 7) is 5.91. The molecule has 1 saturated heterocycles. The van der Waals surface area contributed by atoms with Gasteiger partial charge in [0.1, 0.15) is 5.82 Å². The number of amides is 2. The van der Waals surface area contributed by atoms with Crippen molar-refractivity contribution >= 4 is 11.8 Å². The molecule has 3 heterocycles. The predicted octanol–water partition coefficient (Wildman–Crippen LogP) is 3.06.